The van der Waals surface area contributed by atoms with Gasteiger partial charge < -0.3 is 9.84 Å². The van der Waals surface area contributed by atoms with Gasteiger partial charge in [0.25, 0.3) is 0 Å². The first-order chi connectivity index (χ1) is 11.1. The molecule has 2 atom stereocenters. The summed E-state index contributed by atoms with van der Waals surface area (Å²) >= 11 is 0. The van der Waals surface area contributed by atoms with Gasteiger partial charge in [-0.1, -0.05) is 49.4 Å². The highest BCUT2D eigenvalue weighted by molar-refractivity contribution is 5.93. The Hall–Kier alpha value is -2.62. The van der Waals surface area contributed by atoms with E-state index in [1.165, 1.54) is 12.1 Å². The van der Waals surface area contributed by atoms with Crippen LogP contribution in [0.25, 0.3) is 0 Å². The first-order valence-electron chi connectivity index (χ1n) is 7.56. The largest absolute Gasteiger partial charge is 0.507 e. The Morgan fingerprint density at radius 1 is 1.13 bits per heavy atom. The third kappa shape index (κ3) is 2.84. The number of hydrogen-bond acceptors (Lipinski definition) is 3. The van der Waals surface area contributed by atoms with Crippen LogP contribution in [0.4, 0.5) is 4.39 Å². The Balaban J connectivity index is 2.00. The molecule has 1 N–H and O–H groups in total. The van der Waals surface area contributed by atoms with Gasteiger partial charge in [0.15, 0.2) is 6.10 Å². The average molecular weight is 312 g/mol. The number of rotatable bonds is 4. The number of halogens is 1. The van der Waals surface area contributed by atoms with Gasteiger partial charge in [-0.3, -0.25) is 0 Å². The van der Waals surface area contributed by atoms with E-state index in [2.05, 4.69) is 0 Å². The second kappa shape index (κ2) is 6.24. The topological polar surface area (TPSA) is 46.5 Å². The lowest BCUT2D eigenvalue weighted by molar-refractivity contribution is -0.140. The lowest BCUT2D eigenvalue weighted by atomic mass is 9.87. The van der Waals surface area contributed by atoms with Crippen LogP contribution in [-0.4, -0.2) is 11.1 Å². The predicted octanol–water partition coefficient (Wildman–Crippen LogP) is 4.43. The number of benzene rings is 2. The number of carbonyl (C=O) groups is 1. The maximum Gasteiger partial charge on any atom is 0.339 e. The van der Waals surface area contributed by atoms with E-state index in [-0.39, 0.29) is 23.1 Å². The molecule has 2 aromatic carbocycles. The molecule has 2 unspecified atom stereocenters. The first-order valence-corrected chi connectivity index (χ1v) is 7.56. The van der Waals surface area contributed by atoms with Crippen LogP contribution in [0.1, 0.15) is 36.5 Å². The molecule has 0 saturated heterocycles. The molecule has 0 fully saturated rings. The molecule has 0 amide bonds. The van der Waals surface area contributed by atoms with Crippen molar-refractivity contribution < 1.29 is 19.0 Å². The zero-order valence-electron chi connectivity index (χ0n) is 12.7. The van der Waals surface area contributed by atoms with Crippen molar-refractivity contribution in [1.29, 1.82) is 0 Å². The van der Waals surface area contributed by atoms with E-state index in [0.29, 0.717) is 6.42 Å². The minimum Gasteiger partial charge on any atom is -0.507 e. The monoisotopic (exact) mass is 312 g/mol. The Morgan fingerprint density at radius 2 is 1.78 bits per heavy atom. The second-order valence-corrected chi connectivity index (χ2v) is 5.51. The number of aliphatic hydroxyl groups is 1. The third-order valence-corrected chi connectivity index (χ3v) is 4.10. The number of esters is 1. The standard InChI is InChI=1S/C19H17FO3/c1-2-15(12-8-10-14(20)11-9-12)16-17(21)18(23-19(16)22)13-6-4-3-5-7-13/h3-11,15,18,21H,2H2,1H3. The van der Waals surface area contributed by atoms with Crippen LogP contribution in [0.5, 0.6) is 0 Å². The van der Waals surface area contributed by atoms with Crippen molar-refractivity contribution in [3.8, 4) is 0 Å². The molecule has 0 spiro atoms. The van der Waals surface area contributed by atoms with E-state index in [9.17, 15) is 14.3 Å². The van der Waals surface area contributed by atoms with Gasteiger partial charge >= 0.3 is 5.97 Å². The fourth-order valence-electron chi connectivity index (χ4n) is 2.95. The zero-order chi connectivity index (χ0) is 16.4. The average Bonchev–Trinajstić information content (AvgIpc) is 2.86. The van der Waals surface area contributed by atoms with Crippen molar-refractivity contribution in [3.63, 3.8) is 0 Å². The lowest BCUT2D eigenvalue weighted by Crippen LogP contribution is -2.10. The lowest BCUT2D eigenvalue weighted by Gasteiger charge is -2.15. The third-order valence-electron chi connectivity index (χ3n) is 4.10. The number of cyclic esters (lactones) is 1. The van der Waals surface area contributed by atoms with E-state index in [4.69, 9.17) is 4.74 Å². The zero-order valence-corrected chi connectivity index (χ0v) is 12.7. The molecule has 4 heteroatoms. The molecule has 0 aliphatic carbocycles. The highest BCUT2D eigenvalue weighted by Crippen LogP contribution is 2.41. The van der Waals surface area contributed by atoms with E-state index in [1.54, 1.807) is 24.3 Å². The fraction of sp³-hybridized carbons (Fsp3) is 0.211. The highest BCUT2D eigenvalue weighted by Gasteiger charge is 2.39. The minimum atomic E-state index is -0.770. The summed E-state index contributed by atoms with van der Waals surface area (Å²) in [5.41, 5.74) is 1.76. The second-order valence-electron chi connectivity index (χ2n) is 5.51. The van der Waals surface area contributed by atoms with Crippen molar-refractivity contribution in [2.45, 2.75) is 25.4 Å². The molecule has 0 saturated carbocycles. The summed E-state index contributed by atoms with van der Waals surface area (Å²) in [4.78, 5) is 12.3. The Bertz CT molecular complexity index is 735. The molecule has 0 radical (unpaired) electrons. The summed E-state index contributed by atoms with van der Waals surface area (Å²) in [6.45, 7) is 1.91. The van der Waals surface area contributed by atoms with Crippen molar-refractivity contribution >= 4 is 5.97 Å². The summed E-state index contributed by atoms with van der Waals surface area (Å²) in [6.07, 6.45) is -0.171. The quantitative estimate of drug-likeness (QED) is 0.850. The van der Waals surface area contributed by atoms with E-state index in [1.807, 2.05) is 25.1 Å². The van der Waals surface area contributed by atoms with Gasteiger partial charge in [0.2, 0.25) is 0 Å². The Morgan fingerprint density at radius 3 is 2.39 bits per heavy atom. The molecule has 1 aliphatic rings. The number of carbonyl (C=O) groups excluding carboxylic acids is 1. The molecule has 3 nitrogen and oxygen atoms in total. The van der Waals surface area contributed by atoms with Gasteiger partial charge in [0, 0.05) is 11.5 Å². The molecule has 0 aromatic heterocycles. The maximum absolute atomic E-state index is 13.1. The van der Waals surface area contributed by atoms with Crippen molar-refractivity contribution in [1.82, 2.24) is 0 Å². The molecule has 0 bridgehead atoms. The van der Waals surface area contributed by atoms with Gasteiger partial charge in [0.1, 0.15) is 11.6 Å². The van der Waals surface area contributed by atoms with Crippen LogP contribution in [-0.2, 0) is 9.53 Å². The van der Waals surface area contributed by atoms with Crippen LogP contribution in [0, 0.1) is 5.82 Å². The van der Waals surface area contributed by atoms with Crippen LogP contribution < -0.4 is 0 Å². The predicted molar refractivity (Wildman–Crippen MR) is 84.4 cm³/mol. The maximum atomic E-state index is 13.1. The van der Waals surface area contributed by atoms with Gasteiger partial charge in [-0.2, -0.15) is 0 Å². The fourth-order valence-corrected chi connectivity index (χ4v) is 2.95. The van der Waals surface area contributed by atoms with E-state index >= 15 is 0 Å². The van der Waals surface area contributed by atoms with Crippen LogP contribution >= 0.6 is 0 Å². The molecular weight excluding hydrogens is 295 g/mol. The van der Waals surface area contributed by atoms with Gasteiger partial charge in [-0.25, -0.2) is 9.18 Å². The minimum absolute atomic E-state index is 0.0580. The van der Waals surface area contributed by atoms with Crippen LogP contribution in [0.15, 0.2) is 65.9 Å². The number of ether oxygens (including phenoxy) is 1. The summed E-state index contributed by atoms with van der Waals surface area (Å²) in [5.74, 6) is -1.24. The smallest absolute Gasteiger partial charge is 0.339 e. The molecule has 23 heavy (non-hydrogen) atoms. The Labute approximate surface area is 134 Å². The van der Waals surface area contributed by atoms with Crippen LogP contribution in [0.3, 0.4) is 0 Å². The molecule has 118 valence electrons. The summed E-state index contributed by atoms with van der Waals surface area (Å²) < 4.78 is 18.5. The summed E-state index contributed by atoms with van der Waals surface area (Å²) in [5, 5.41) is 10.5. The molecular formula is C19H17FO3. The van der Waals surface area contributed by atoms with Crippen LogP contribution in [0.2, 0.25) is 0 Å². The normalized spacial score (nSPS) is 18.9. The molecule has 2 aromatic rings. The number of hydrogen-bond donors (Lipinski definition) is 1. The summed E-state index contributed by atoms with van der Waals surface area (Å²) in [6, 6.07) is 15.1. The van der Waals surface area contributed by atoms with Gasteiger partial charge in [-0.15, -0.1) is 0 Å². The Kier molecular flexibility index (Phi) is 4.15. The van der Waals surface area contributed by atoms with Gasteiger partial charge in [-0.05, 0) is 24.1 Å². The summed E-state index contributed by atoms with van der Waals surface area (Å²) in [7, 11) is 0. The number of aliphatic hydroxyl groups excluding tert-OH is 1. The SMILES string of the molecule is CCC(C1=C(O)C(c2ccccc2)OC1=O)c1ccc(F)cc1. The molecule has 1 aliphatic heterocycles. The van der Waals surface area contributed by atoms with E-state index in [0.717, 1.165) is 11.1 Å². The van der Waals surface area contributed by atoms with Gasteiger partial charge in [0.05, 0.1) is 5.57 Å². The van der Waals surface area contributed by atoms with Crippen molar-refractivity contribution in [2.75, 3.05) is 0 Å². The van der Waals surface area contributed by atoms with Crippen molar-refractivity contribution in [3.05, 3.63) is 82.9 Å². The van der Waals surface area contributed by atoms with Crippen molar-refractivity contribution in [2.24, 2.45) is 0 Å². The highest BCUT2D eigenvalue weighted by atomic mass is 19.1. The first kappa shape index (κ1) is 15.3. The van der Waals surface area contributed by atoms with E-state index < -0.39 is 12.1 Å². The molecule has 3 rings (SSSR count). The molecule has 1 heterocycles.